The van der Waals surface area contributed by atoms with E-state index in [9.17, 15) is 4.79 Å². The second-order valence-corrected chi connectivity index (χ2v) is 9.27. The molecule has 1 nitrogen and oxygen atoms in total. The second kappa shape index (κ2) is 7.49. The van der Waals surface area contributed by atoms with Gasteiger partial charge in [0.1, 0.15) is 5.78 Å². The van der Waals surface area contributed by atoms with Crippen LogP contribution in [0.25, 0.3) is 0 Å². The molecule has 0 aromatic heterocycles. The van der Waals surface area contributed by atoms with E-state index in [1.54, 1.807) is 0 Å². The van der Waals surface area contributed by atoms with Gasteiger partial charge in [0, 0.05) is 11.8 Å². The van der Waals surface area contributed by atoms with Crippen LogP contribution < -0.4 is 0 Å². The van der Waals surface area contributed by atoms with Crippen LogP contribution in [-0.4, -0.2) is 5.78 Å². The van der Waals surface area contributed by atoms with E-state index in [4.69, 9.17) is 0 Å². The van der Waals surface area contributed by atoms with Gasteiger partial charge in [0.25, 0.3) is 0 Å². The van der Waals surface area contributed by atoms with Crippen LogP contribution in [0.1, 0.15) is 80.1 Å². The lowest BCUT2D eigenvalue weighted by Gasteiger charge is -2.42. The molecule has 2 rings (SSSR count). The van der Waals surface area contributed by atoms with Crippen molar-refractivity contribution in [1.82, 2.24) is 0 Å². The molecule has 0 aromatic rings. The maximum Gasteiger partial charge on any atom is 0.139 e. The minimum atomic E-state index is 0.347. The van der Waals surface area contributed by atoms with Crippen LogP contribution in [0.4, 0.5) is 0 Å². The van der Waals surface area contributed by atoms with Crippen molar-refractivity contribution in [1.29, 1.82) is 0 Å². The highest BCUT2D eigenvalue weighted by Gasteiger charge is 2.42. The number of rotatable bonds is 4. The summed E-state index contributed by atoms with van der Waals surface area (Å²) in [5.41, 5.74) is 0. The maximum absolute atomic E-state index is 13.5. The zero-order chi connectivity index (χ0) is 16.4. The summed E-state index contributed by atoms with van der Waals surface area (Å²) < 4.78 is 0. The van der Waals surface area contributed by atoms with E-state index in [1.165, 1.54) is 25.7 Å². The number of ketones is 1. The van der Waals surface area contributed by atoms with Gasteiger partial charge >= 0.3 is 0 Å². The summed E-state index contributed by atoms with van der Waals surface area (Å²) in [4.78, 5) is 13.5. The van der Waals surface area contributed by atoms with Gasteiger partial charge in [0.2, 0.25) is 0 Å². The Bertz CT molecular complexity index is 336. The van der Waals surface area contributed by atoms with Gasteiger partial charge in [-0.05, 0) is 61.2 Å². The van der Waals surface area contributed by atoms with Gasteiger partial charge in [-0.25, -0.2) is 0 Å². The smallest absolute Gasteiger partial charge is 0.139 e. The Morgan fingerprint density at radius 3 is 1.41 bits per heavy atom. The van der Waals surface area contributed by atoms with Crippen molar-refractivity contribution in [3.05, 3.63) is 0 Å². The zero-order valence-corrected chi connectivity index (χ0v) is 15.8. The van der Waals surface area contributed by atoms with Crippen molar-refractivity contribution < 1.29 is 4.79 Å². The van der Waals surface area contributed by atoms with Crippen molar-refractivity contribution in [2.24, 2.45) is 47.3 Å². The lowest BCUT2D eigenvalue weighted by Crippen LogP contribution is -2.42. The standard InChI is InChI=1S/C21H38O/c1-13(2)17-9-7-15(5)11-19(17)21(22)20-12-16(6)8-10-18(20)14(3)4/h13-20H,7-12H2,1-6H3. The summed E-state index contributed by atoms with van der Waals surface area (Å²) in [6.07, 6.45) is 7.48. The van der Waals surface area contributed by atoms with E-state index in [1.807, 2.05) is 0 Å². The predicted molar refractivity (Wildman–Crippen MR) is 94.7 cm³/mol. The summed E-state index contributed by atoms with van der Waals surface area (Å²) in [6.45, 7) is 14.0. The third-order valence-corrected chi connectivity index (χ3v) is 6.78. The van der Waals surface area contributed by atoms with Crippen LogP contribution in [0.3, 0.4) is 0 Å². The largest absolute Gasteiger partial charge is 0.299 e. The van der Waals surface area contributed by atoms with Gasteiger partial charge in [0.05, 0.1) is 0 Å². The van der Waals surface area contributed by atoms with Crippen molar-refractivity contribution in [2.75, 3.05) is 0 Å². The third kappa shape index (κ3) is 3.95. The Morgan fingerprint density at radius 2 is 1.09 bits per heavy atom. The van der Waals surface area contributed by atoms with Gasteiger partial charge in [-0.2, -0.15) is 0 Å². The number of carbonyl (C=O) groups excluding carboxylic acids is 1. The molecule has 1 heteroatoms. The highest BCUT2D eigenvalue weighted by atomic mass is 16.1. The first-order valence-corrected chi connectivity index (χ1v) is 9.84. The average molecular weight is 307 g/mol. The first-order valence-electron chi connectivity index (χ1n) is 9.84. The summed E-state index contributed by atoms with van der Waals surface area (Å²) in [6, 6.07) is 0. The van der Waals surface area contributed by atoms with E-state index >= 15 is 0 Å². The van der Waals surface area contributed by atoms with Gasteiger partial charge in [-0.3, -0.25) is 4.79 Å². The van der Waals surface area contributed by atoms with E-state index in [0.717, 1.165) is 24.7 Å². The Morgan fingerprint density at radius 1 is 0.727 bits per heavy atom. The van der Waals surface area contributed by atoms with Crippen LogP contribution in [0.2, 0.25) is 0 Å². The van der Waals surface area contributed by atoms with Crippen molar-refractivity contribution in [3.8, 4) is 0 Å². The molecule has 2 fully saturated rings. The number of carbonyl (C=O) groups is 1. The van der Waals surface area contributed by atoms with Gasteiger partial charge in [0.15, 0.2) is 0 Å². The molecule has 6 atom stereocenters. The molecule has 2 aliphatic rings. The molecule has 0 heterocycles. The quantitative estimate of drug-likeness (QED) is 0.625. The molecule has 0 radical (unpaired) electrons. The number of hydrogen-bond donors (Lipinski definition) is 0. The summed E-state index contributed by atoms with van der Waals surface area (Å²) in [5.74, 6) is 5.39. The minimum absolute atomic E-state index is 0.347. The van der Waals surface area contributed by atoms with Crippen molar-refractivity contribution in [2.45, 2.75) is 80.1 Å². The topological polar surface area (TPSA) is 17.1 Å². The fourth-order valence-corrected chi connectivity index (χ4v) is 5.33. The van der Waals surface area contributed by atoms with E-state index in [2.05, 4.69) is 41.5 Å². The molecular formula is C21H38O. The van der Waals surface area contributed by atoms with Crippen LogP contribution in [0, 0.1) is 47.3 Å². The molecule has 6 unspecified atom stereocenters. The first kappa shape index (κ1) is 18.0. The van der Waals surface area contributed by atoms with Crippen molar-refractivity contribution >= 4 is 5.78 Å². The maximum atomic E-state index is 13.5. The molecule has 0 aromatic carbocycles. The minimum Gasteiger partial charge on any atom is -0.299 e. The number of hydrogen-bond acceptors (Lipinski definition) is 1. The molecule has 0 saturated heterocycles. The molecule has 0 spiro atoms. The van der Waals surface area contributed by atoms with Crippen LogP contribution in [-0.2, 0) is 4.79 Å². The van der Waals surface area contributed by atoms with Gasteiger partial charge < -0.3 is 0 Å². The number of Topliss-reactive ketones (excluding diaryl/α,β-unsaturated/α-hetero) is 1. The zero-order valence-electron chi connectivity index (χ0n) is 15.8. The summed E-state index contributed by atoms with van der Waals surface area (Å²) in [7, 11) is 0. The SMILES string of the molecule is CC1CCC(C(C)C)C(C(=O)C2CC(C)CCC2C(C)C)C1. The van der Waals surface area contributed by atoms with Gasteiger partial charge in [-0.1, -0.05) is 54.4 Å². The molecule has 0 N–H and O–H groups in total. The Kier molecular flexibility index (Phi) is 6.14. The Hall–Kier alpha value is -0.330. The van der Waals surface area contributed by atoms with Crippen LogP contribution >= 0.6 is 0 Å². The molecule has 0 aliphatic heterocycles. The fourth-order valence-electron chi connectivity index (χ4n) is 5.33. The molecule has 128 valence electrons. The van der Waals surface area contributed by atoms with Crippen LogP contribution in [0.15, 0.2) is 0 Å². The monoisotopic (exact) mass is 306 g/mol. The average Bonchev–Trinajstić information content (AvgIpc) is 2.45. The highest BCUT2D eigenvalue weighted by Crippen LogP contribution is 2.45. The first-order chi connectivity index (χ1) is 10.3. The molecule has 0 bridgehead atoms. The lowest BCUT2D eigenvalue weighted by molar-refractivity contribution is -0.135. The van der Waals surface area contributed by atoms with Crippen LogP contribution in [0.5, 0.6) is 0 Å². The lowest BCUT2D eigenvalue weighted by atomic mass is 9.61. The second-order valence-electron chi connectivity index (χ2n) is 9.27. The van der Waals surface area contributed by atoms with Gasteiger partial charge in [-0.15, -0.1) is 0 Å². The van der Waals surface area contributed by atoms with E-state index < -0.39 is 0 Å². The molecule has 0 amide bonds. The molecule has 22 heavy (non-hydrogen) atoms. The third-order valence-electron chi connectivity index (χ3n) is 6.78. The van der Waals surface area contributed by atoms with E-state index in [-0.39, 0.29) is 0 Å². The van der Waals surface area contributed by atoms with E-state index in [0.29, 0.717) is 41.3 Å². The summed E-state index contributed by atoms with van der Waals surface area (Å²) >= 11 is 0. The predicted octanol–water partition coefficient (Wildman–Crippen LogP) is 5.97. The Balaban J connectivity index is 2.18. The fraction of sp³-hybridized carbons (Fsp3) is 0.952. The Labute approximate surface area is 138 Å². The summed E-state index contributed by atoms with van der Waals surface area (Å²) in [5, 5.41) is 0. The molecule has 2 saturated carbocycles. The molecular weight excluding hydrogens is 268 g/mol. The normalized spacial score (nSPS) is 40.2. The highest BCUT2D eigenvalue weighted by molar-refractivity contribution is 5.84. The molecule has 2 aliphatic carbocycles. The van der Waals surface area contributed by atoms with Crippen molar-refractivity contribution in [3.63, 3.8) is 0 Å².